The number of hydrogen-bond acceptors (Lipinski definition) is 3. The van der Waals surface area contributed by atoms with Crippen LogP contribution < -0.4 is 5.32 Å². The first kappa shape index (κ1) is 17.0. The predicted molar refractivity (Wildman–Crippen MR) is 117 cm³/mol. The minimum absolute atomic E-state index is 0.0459. The number of aromatic nitrogens is 1. The van der Waals surface area contributed by atoms with Gasteiger partial charge in [0.1, 0.15) is 5.69 Å². The zero-order valence-corrected chi connectivity index (χ0v) is 15.4. The van der Waals surface area contributed by atoms with Crippen LogP contribution in [0.15, 0.2) is 97.1 Å². The van der Waals surface area contributed by atoms with Crippen LogP contribution in [0.2, 0.25) is 0 Å². The first-order valence-corrected chi connectivity index (χ1v) is 9.32. The van der Waals surface area contributed by atoms with Gasteiger partial charge in [-0.2, -0.15) is 0 Å². The standard InChI is InChI=1S/C24H17N3O2/c28-27(29)24-16-8-4-12-20(24)25-19-11-3-7-15-23(19)26-21-13-5-1-9-17(21)18-10-2-6-14-22(18)26/h1-16,25H. The average Bonchev–Trinajstić information content (AvgIpc) is 3.09. The molecule has 4 aromatic carbocycles. The Morgan fingerprint density at radius 2 is 1.17 bits per heavy atom. The zero-order valence-electron chi connectivity index (χ0n) is 15.4. The van der Waals surface area contributed by atoms with Crippen molar-refractivity contribution in [1.82, 2.24) is 4.57 Å². The average molecular weight is 379 g/mol. The summed E-state index contributed by atoms with van der Waals surface area (Å²) in [4.78, 5) is 11.1. The van der Waals surface area contributed by atoms with Crippen LogP contribution in [0.5, 0.6) is 0 Å². The molecule has 1 aromatic heterocycles. The van der Waals surface area contributed by atoms with E-state index in [1.807, 2.05) is 48.5 Å². The van der Waals surface area contributed by atoms with Gasteiger partial charge >= 0.3 is 0 Å². The molecule has 1 N–H and O–H groups in total. The fourth-order valence-corrected chi connectivity index (χ4v) is 3.84. The second-order valence-corrected chi connectivity index (χ2v) is 6.79. The molecular weight excluding hydrogens is 362 g/mol. The largest absolute Gasteiger partial charge is 0.348 e. The maximum Gasteiger partial charge on any atom is 0.292 e. The molecule has 5 rings (SSSR count). The van der Waals surface area contributed by atoms with Crippen LogP contribution in [0.25, 0.3) is 27.5 Å². The van der Waals surface area contributed by atoms with E-state index in [9.17, 15) is 10.1 Å². The lowest BCUT2D eigenvalue weighted by Gasteiger charge is -2.15. The van der Waals surface area contributed by atoms with Gasteiger partial charge < -0.3 is 9.88 Å². The highest BCUT2D eigenvalue weighted by Crippen LogP contribution is 2.36. The Balaban J connectivity index is 1.75. The molecular formula is C24H17N3O2. The summed E-state index contributed by atoms with van der Waals surface area (Å²) in [5, 5.41) is 17.1. The van der Waals surface area contributed by atoms with Crippen molar-refractivity contribution in [2.24, 2.45) is 0 Å². The first-order valence-electron chi connectivity index (χ1n) is 9.32. The van der Waals surface area contributed by atoms with E-state index >= 15 is 0 Å². The van der Waals surface area contributed by atoms with E-state index < -0.39 is 0 Å². The molecule has 0 aliphatic heterocycles. The van der Waals surface area contributed by atoms with Gasteiger partial charge in [0.2, 0.25) is 0 Å². The van der Waals surface area contributed by atoms with Crippen LogP contribution in [0.1, 0.15) is 0 Å². The SMILES string of the molecule is O=[N+]([O-])c1ccccc1Nc1ccccc1-n1c2ccccc2c2ccccc21. The van der Waals surface area contributed by atoms with Gasteiger partial charge in [0, 0.05) is 16.8 Å². The quantitative estimate of drug-likeness (QED) is 0.289. The third-order valence-corrected chi connectivity index (χ3v) is 5.10. The Morgan fingerprint density at radius 3 is 1.83 bits per heavy atom. The summed E-state index contributed by atoms with van der Waals surface area (Å²) in [5.74, 6) is 0. The summed E-state index contributed by atoms with van der Waals surface area (Å²) in [6.07, 6.45) is 0. The van der Waals surface area contributed by atoms with E-state index in [2.05, 4.69) is 34.1 Å². The number of nitro benzene ring substituents is 1. The zero-order chi connectivity index (χ0) is 19.8. The second-order valence-electron chi connectivity index (χ2n) is 6.79. The minimum Gasteiger partial charge on any atom is -0.348 e. The van der Waals surface area contributed by atoms with Crippen LogP contribution in [0, 0.1) is 10.1 Å². The highest BCUT2D eigenvalue weighted by Gasteiger charge is 2.17. The summed E-state index contributed by atoms with van der Waals surface area (Å²) in [7, 11) is 0. The lowest BCUT2D eigenvalue weighted by atomic mass is 10.2. The van der Waals surface area contributed by atoms with Gasteiger partial charge in [-0.1, -0.05) is 60.7 Å². The number of fused-ring (bicyclic) bond motifs is 3. The molecule has 0 unspecified atom stereocenters. The van der Waals surface area contributed by atoms with E-state index in [0.29, 0.717) is 5.69 Å². The molecule has 0 fully saturated rings. The molecule has 0 spiro atoms. The van der Waals surface area contributed by atoms with Crippen molar-refractivity contribution < 1.29 is 4.92 Å². The molecule has 0 amide bonds. The van der Waals surface area contributed by atoms with Gasteiger partial charge in [-0.05, 0) is 30.3 Å². The number of hydrogen-bond donors (Lipinski definition) is 1. The highest BCUT2D eigenvalue weighted by atomic mass is 16.6. The minimum atomic E-state index is -0.370. The topological polar surface area (TPSA) is 60.1 Å². The number of para-hydroxylation sites is 6. The summed E-state index contributed by atoms with van der Waals surface area (Å²) in [5.41, 5.74) is 4.42. The molecule has 0 saturated heterocycles. The van der Waals surface area contributed by atoms with Gasteiger partial charge in [-0.25, -0.2) is 0 Å². The molecule has 140 valence electrons. The lowest BCUT2D eigenvalue weighted by molar-refractivity contribution is -0.383. The molecule has 5 aromatic rings. The molecule has 0 saturated carbocycles. The van der Waals surface area contributed by atoms with E-state index in [4.69, 9.17) is 0 Å². The van der Waals surface area contributed by atoms with Gasteiger partial charge in [0.05, 0.1) is 27.3 Å². The molecule has 1 heterocycles. The molecule has 5 nitrogen and oxygen atoms in total. The first-order chi connectivity index (χ1) is 14.2. The third-order valence-electron chi connectivity index (χ3n) is 5.10. The summed E-state index contributed by atoms with van der Waals surface area (Å²) >= 11 is 0. The van der Waals surface area contributed by atoms with Crippen LogP contribution in [0.3, 0.4) is 0 Å². The van der Waals surface area contributed by atoms with Crippen molar-refractivity contribution in [3.63, 3.8) is 0 Å². The van der Waals surface area contributed by atoms with Crippen molar-refractivity contribution in [3.05, 3.63) is 107 Å². The maximum absolute atomic E-state index is 11.4. The fourth-order valence-electron chi connectivity index (χ4n) is 3.84. The third kappa shape index (κ3) is 2.80. The molecule has 0 bridgehead atoms. The number of benzene rings is 4. The second kappa shape index (κ2) is 6.80. The summed E-state index contributed by atoms with van der Waals surface area (Å²) < 4.78 is 2.20. The molecule has 5 heteroatoms. The van der Waals surface area contributed by atoms with Gasteiger partial charge in [0.25, 0.3) is 5.69 Å². The van der Waals surface area contributed by atoms with Crippen molar-refractivity contribution in [3.8, 4) is 5.69 Å². The van der Waals surface area contributed by atoms with E-state index in [0.717, 1.165) is 22.4 Å². The van der Waals surface area contributed by atoms with Crippen molar-refractivity contribution >= 4 is 38.9 Å². The normalized spacial score (nSPS) is 11.0. The van der Waals surface area contributed by atoms with E-state index in [1.165, 1.54) is 16.8 Å². The Kier molecular flexibility index (Phi) is 3.99. The molecule has 0 atom stereocenters. The fraction of sp³-hybridized carbons (Fsp3) is 0. The van der Waals surface area contributed by atoms with Crippen molar-refractivity contribution in [2.75, 3.05) is 5.32 Å². The highest BCUT2D eigenvalue weighted by molar-refractivity contribution is 6.09. The molecule has 0 aliphatic carbocycles. The molecule has 0 aliphatic rings. The van der Waals surface area contributed by atoms with Crippen LogP contribution in [-0.2, 0) is 0 Å². The molecule has 29 heavy (non-hydrogen) atoms. The number of nitrogens with one attached hydrogen (secondary N) is 1. The van der Waals surface area contributed by atoms with Crippen LogP contribution in [-0.4, -0.2) is 9.49 Å². The lowest BCUT2D eigenvalue weighted by Crippen LogP contribution is -2.02. The Bertz CT molecular complexity index is 1320. The van der Waals surface area contributed by atoms with Crippen molar-refractivity contribution in [1.29, 1.82) is 0 Å². The van der Waals surface area contributed by atoms with E-state index in [-0.39, 0.29) is 10.6 Å². The Morgan fingerprint density at radius 1 is 0.655 bits per heavy atom. The smallest absolute Gasteiger partial charge is 0.292 e. The number of nitrogens with zero attached hydrogens (tertiary/aromatic N) is 2. The number of nitro groups is 1. The number of anilines is 2. The summed E-state index contributed by atoms with van der Waals surface area (Å²) in [6.45, 7) is 0. The van der Waals surface area contributed by atoms with Crippen LogP contribution in [0.4, 0.5) is 17.1 Å². The Hall–Kier alpha value is -4.12. The number of rotatable bonds is 4. The van der Waals surface area contributed by atoms with Crippen LogP contribution >= 0.6 is 0 Å². The van der Waals surface area contributed by atoms with Gasteiger partial charge in [0.15, 0.2) is 0 Å². The molecule has 0 radical (unpaired) electrons. The monoisotopic (exact) mass is 379 g/mol. The summed E-state index contributed by atoms with van der Waals surface area (Å²) in [6, 6.07) is 31.1. The van der Waals surface area contributed by atoms with Gasteiger partial charge in [-0.3, -0.25) is 10.1 Å². The van der Waals surface area contributed by atoms with E-state index in [1.54, 1.807) is 18.2 Å². The predicted octanol–water partition coefficient (Wildman–Crippen LogP) is 6.44. The van der Waals surface area contributed by atoms with Gasteiger partial charge in [-0.15, -0.1) is 0 Å². The van der Waals surface area contributed by atoms with Crippen molar-refractivity contribution in [2.45, 2.75) is 0 Å². The maximum atomic E-state index is 11.4. The Labute approximate surface area is 167 Å².